The molecule has 0 fully saturated rings. The minimum absolute atomic E-state index is 0.671. The number of anilines is 2. The van der Waals surface area contributed by atoms with Gasteiger partial charge in [0.25, 0.3) is 0 Å². The largest absolute Gasteiger partial charge is 0.385 e. The van der Waals surface area contributed by atoms with Gasteiger partial charge in [0, 0.05) is 26.5 Å². The number of aromatic nitrogens is 2. The van der Waals surface area contributed by atoms with Crippen molar-refractivity contribution in [1.82, 2.24) is 9.55 Å². The Hall–Kier alpha value is -1.04. The van der Waals surface area contributed by atoms with Crippen molar-refractivity contribution >= 4 is 39.2 Å². The highest BCUT2D eigenvalue weighted by Gasteiger charge is 2.09. The van der Waals surface area contributed by atoms with Gasteiger partial charge < -0.3 is 14.6 Å². The Morgan fingerprint density at radius 2 is 2.25 bits per heavy atom. The van der Waals surface area contributed by atoms with E-state index in [1.54, 1.807) is 7.11 Å². The highest BCUT2D eigenvalue weighted by molar-refractivity contribution is 9.10. The standard InChI is InChI=1S/C14H17BrClN3O/c1-10-9-19(7-4-8-20-2)14(17-10)18-12-6-3-5-11(16)13(12)15/h3,5-6,9H,4,7-8H2,1-2H3,(H,17,18). The van der Waals surface area contributed by atoms with Crippen LogP contribution in [0.15, 0.2) is 28.9 Å². The third-order valence-electron chi connectivity index (χ3n) is 2.84. The Bertz CT molecular complexity index is 586. The van der Waals surface area contributed by atoms with Gasteiger partial charge >= 0.3 is 0 Å². The second-order valence-corrected chi connectivity index (χ2v) is 5.67. The summed E-state index contributed by atoms with van der Waals surface area (Å²) in [5, 5.41) is 3.98. The predicted molar refractivity (Wildman–Crippen MR) is 85.9 cm³/mol. The molecule has 1 N–H and O–H groups in total. The van der Waals surface area contributed by atoms with Gasteiger partial charge in [-0.05, 0) is 41.4 Å². The van der Waals surface area contributed by atoms with Gasteiger partial charge in [0.05, 0.1) is 20.9 Å². The number of imidazole rings is 1. The molecular weight excluding hydrogens is 342 g/mol. The van der Waals surface area contributed by atoms with Gasteiger partial charge in [0.2, 0.25) is 5.95 Å². The summed E-state index contributed by atoms with van der Waals surface area (Å²) in [6, 6.07) is 5.70. The van der Waals surface area contributed by atoms with Gasteiger partial charge in [0.15, 0.2) is 0 Å². The number of rotatable bonds is 6. The van der Waals surface area contributed by atoms with Crippen molar-refractivity contribution in [2.45, 2.75) is 19.9 Å². The number of ether oxygens (including phenoxy) is 1. The van der Waals surface area contributed by atoms with E-state index in [4.69, 9.17) is 16.3 Å². The third kappa shape index (κ3) is 3.75. The summed E-state index contributed by atoms with van der Waals surface area (Å²) < 4.78 is 8.01. The Morgan fingerprint density at radius 3 is 3.00 bits per heavy atom. The molecule has 0 atom stereocenters. The van der Waals surface area contributed by atoms with Crippen LogP contribution in [0.4, 0.5) is 11.6 Å². The molecule has 0 unspecified atom stereocenters. The number of nitrogens with zero attached hydrogens (tertiary/aromatic N) is 2. The van der Waals surface area contributed by atoms with Gasteiger partial charge in [-0.2, -0.15) is 0 Å². The number of nitrogens with one attached hydrogen (secondary N) is 1. The van der Waals surface area contributed by atoms with E-state index >= 15 is 0 Å². The van der Waals surface area contributed by atoms with Crippen molar-refractivity contribution in [2.24, 2.45) is 0 Å². The SMILES string of the molecule is COCCCn1cc(C)nc1Nc1cccc(Cl)c1Br. The number of hydrogen-bond donors (Lipinski definition) is 1. The minimum Gasteiger partial charge on any atom is -0.385 e. The zero-order valence-electron chi connectivity index (χ0n) is 11.5. The molecule has 1 aromatic carbocycles. The number of benzene rings is 1. The van der Waals surface area contributed by atoms with Crippen LogP contribution in [-0.4, -0.2) is 23.3 Å². The molecule has 108 valence electrons. The van der Waals surface area contributed by atoms with E-state index in [0.717, 1.165) is 41.4 Å². The average Bonchev–Trinajstić information content (AvgIpc) is 2.76. The van der Waals surface area contributed by atoms with E-state index in [1.165, 1.54) is 0 Å². The Labute approximate surface area is 132 Å². The maximum Gasteiger partial charge on any atom is 0.207 e. The van der Waals surface area contributed by atoms with Crippen LogP contribution in [0.1, 0.15) is 12.1 Å². The number of methoxy groups -OCH3 is 1. The van der Waals surface area contributed by atoms with E-state index in [0.29, 0.717) is 5.02 Å². The van der Waals surface area contributed by atoms with Crippen molar-refractivity contribution in [3.63, 3.8) is 0 Å². The second kappa shape index (κ2) is 7.11. The van der Waals surface area contributed by atoms with E-state index < -0.39 is 0 Å². The number of hydrogen-bond acceptors (Lipinski definition) is 3. The summed E-state index contributed by atoms with van der Waals surface area (Å²) in [6.45, 7) is 3.57. The highest BCUT2D eigenvalue weighted by atomic mass is 79.9. The Balaban J connectivity index is 2.18. The van der Waals surface area contributed by atoms with Gasteiger partial charge in [-0.1, -0.05) is 17.7 Å². The molecule has 2 aromatic rings. The van der Waals surface area contributed by atoms with Crippen LogP contribution in [-0.2, 0) is 11.3 Å². The first kappa shape index (κ1) is 15.4. The lowest BCUT2D eigenvalue weighted by Gasteiger charge is -2.11. The van der Waals surface area contributed by atoms with Gasteiger partial charge in [-0.25, -0.2) is 4.98 Å². The molecule has 0 saturated carbocycles. The summed E-state index contributed by atoms with van der Waals surface area (Å²) in [7, 11) is 1.71. The van der Waals surface area contributed by atoms with Crippen molar-refractivity contribution in [1.29, 1.82) is 0 Å². The van der Waals surface area contributed by atoms with Crippen LogP contribution in [0, 0.1) is 6.92 Å². The fourth-order valence-corrected chi connectivity index (χ4v) is 2.46. The van der Waals surface area contributed by atoms with Crippen LogP contribution in [0.25, 0.3) is 0 Å². The molecule has 0 aliphatic carbocycles. The lowest BCUT2D eigenvalue weighted by Crippen LogP contribution is -2.05. The molecule has 0 amide bonds. The number of aryl methyl sites for hydroxylation is 2. The van der Waals surface area contributed by atoms with E-state index in [9.17, 15) is 0 Å². The summed E-state index contributed by atoms with van der Waals surface area (Å²) in [5.74, 6) is 0.807. The average molecular weight is 359 g/mol. The van der Waals surface area contributed by atoms with Crippen molar-refractivity contribution in [2.75, 3.05) is 19.0 Å². The Morgan fingerprint density at radius 1 is 1.45 bits per heavy atom. The van der Waals surface area contributed by atoms with Gasteiger partial charge in [-0.15, -0.1) is 0 Å². The second-order valence-electron chi connectivity index (χ2n) is 4.47. The molecule has 2 rings (SSSR count). The molecule has 20 heavy (non-hydrogen) atoms. The lowest BCUT2D eigenvalue weighted by molar-refractivity contribution is 0.190. The first-order chi connectivity index (χ1) is 9.61. The molecule has 0 saturated heterocycles. The highest BCUT2D eigenvalue weighted by Crippen LogP contribution is 2.31. The monoisotopic (exact) mass is 357 g/mol. The molecular formula is C14H17BrClN3O. The fourth-order valence-electron chi connectivity index (χ4n) is 1.92. The summed E-state index contributed by atoms with van der Waals surface area (Å²) >= 11 is 9.58. The predicted octanol–water partition coefficient (Wildman–Crippen LogP) is 4.39. The quantitative estimate of drug-likeness (QED) is 0.779. The van der Waals surface area contributed by atoms with Crippen LogP contribution < -0.4 is 5.32 Å². The molecule has 0 spiro atoms. The van der Waals surface area contributed by atoms with Crippen molar-refractivity contribution < 1.29 is 4.74 Å². The zero-order valence-corrected chi connectivity index (χ0v) is 13.8. The molecule has 1 heterocycles. The maximum absolute atomic E-state index is 6.10. The topological polar surface area (TPSA) is 39.1 Å². The van der Waals surface area contributed by atoms with Crippen LogP contribution >= 0.6 is 27.5 Å². The summed E-state index contributed by atoms with van der Waals surface area (Å²) in [5.41, 5.74) is 1.87. The smallest absolute Gasteiger partial charge is 0.207 e. The molecule has 0 radical (unpaired) electrons. The van der Waals surface area contributed by atoms with Gasteiger partial charge in [-0.3, -0.25) is 0 Å². The number of halogens is 2. The molecule has 0 aliphatic rings. The Kier molecular flexibility index (Phi) is 5.46. The van der Waals surface area contributed by atoms with E-state index in [2.05, 4.69) is 30.8 Å². The van der Waals surface area contributed by atoms with Crippen LogP contribution in [0.3, 0.4) is 0 Å². The zero-order chi connectivity index (χ0) is 14.5. The first-order valence-corrected chi connectivity index (χ1v) is 7.52. The fraction of sp³-hybridized carbons (Fsp3) is 0.357. The first-order valence-electron chi connectivity index (χ1n) is 6.35. The van der Waals surface area contributed by atoms with E-state index in [-0.39, 0.29) is 0 Å². The van der Waals surface area contributed by atoms with Crippen LogP contribution in [0.2, 0.25) is 5.02 Å². The molecule has 6 heteroatoms. The molecule has 4 nitrogen and oxygen atoms in total. The molecule has 1 aromatic heterocycles. The third-order valence-corrected chi connectivity index (χ3v) is 4.24. The van der Waals surface area contributed by atoms with Gasteiger partial charge in [0.1, 0.15) is 0 Å². The van der Waals surface area contributed by atoms with E-state index in [1.807, 2.05) is 31.3 Å². The molecule has 0 aliphatic heterocycles. The summed E-state index contributed by atoms with van der Waals surface area (Å²) in [6.07, 6.45) is 2.97. The maximum atomic E-state index is 6.10. The lowest BCUT2D eigenvalue weighted by atomic mass is 10.3. The summed E-state index contributed by atoms with van der Waals surface area (Å²) in [4.78, 5) is 4.50. The van der Waals surface area contributed by atoms with Crippen molar-refractivity contribution in [3.05, 3.63) is 39.6 Å². The minimum atomic E-state index is 0.671. The normalized spacial score (nSPS) is 10.8. The van der Waals surface area contributed by atoms with Crippen molar-refractivity contribution in [3.8, 4) is 0 Å². The van der Waals surface area contributed by atoms with Crippen LogP contribution in [0.5, 0.6) is 0 Å². The molecule has 0 bridgehead atoms.